The van der Waals surface area contributed by atoms with Gasteiger partial charge in [0.1, 0.15) is 17.3 Å². The number of aliphatic hydroxyl groups excluding tert-OH is 1. The number of hydrogen-bond donors (Lipinski definition) is 1. The zero-order valence-corrected chi connectivity index (χ0v) is 17.1. The van der Waals surface area contributed by atoms with Crippen molar-refractivity contribution in [2.24, 2.45) is 0 Å². The molecule has 0 spiro atoms. The number of ketones is 1. The van der Waals surface area contributed by atoms with Crippen LogP contribution in [0.25, 0.3) is 16.7 Å². The van der Waals surface area contributed by atoms with Crippen molar-refractivity contribution >= 4 is 40.0 Å². The minimum absolute atomic E-state index is 0.0406. The Morgan fingerprint density at radius 1 is 1.27 bits per heavy atom. The summed E-state index contributed by atoms with van der Waals surface area (Å²) in [4.78, 5) is 23.6. The van der Waals surface area contributed by atoms with E-state index < -0.39 is 23.3 Å². The third-order valence-corrected chi connectivity index (χ3v) is 4.70. The maximum absolute atomic E-state index is 14.3. The van der Waals surface area contributed by atoms with Crippen LogP contribution in [0.3, 0.4) is 0 Å². The van der Waals surface area contributed by atoms with Gasteiger partial charge in [-0.05, 0) is 31.2 Å². The molecule has 3 rings (SSSR count). The van der Waals surface area contributed by atoms with Crippen LogP contribution in [0.15, 0.2) is 48.7 Å². The van der Waals surface area contributed by atoms with Gasteiger partial charge in [0.2, 0.25) is 0 Å². The van der Waals surface area contributed by atoms with E-state index in [1.807, 2.05) is 0 Å². The number of aromatic nitrogens is 1. The van der Waals surface area contributed by atoms with Crippen LogP contribution >= 0.6 is 11.6 Å². The molecule has 0 amide bonds. The molecule has 0 fully saturated rings. The molecule has 30 heavy (non-hydrogen) atoms. The fraction of sp³-hybridized carbons (Fsp3) is 0.182. The first kappa shape index (κ1) is 21.4. The fourth-order valence-electron chi connectivity index (χ4n) is 3.11. The van der Waals surface area contributed by atoms with Crippen LogP contribution in [-0.2, 0) is 20.9 Å². The Morgan fingerprint density at radius 3 is 2.70 bits per heavy atom. The monoisotopic (exact) mass is 431 g/mol. The van der Waals surface area contributed by atoms with Crippen molar-refractivity contribution < 1.29 is 28.6 Å². The number of ether oxygens (including phenoxy) is 2. The van der Waals surface area contributed by atoms with Crippen molar-refractivity contribution in [3.8, 4) is 5.75 Å². The van der Waals surface area contributed by atoms with Gasteiger partial charge in [0, 0.05) is 28.4 Å². The first-order chi connectivity index (χ1) is 14.3. The number of nitrogens with zero attached hydrogens (tertiary/aromatic N) is 1. The van der Waals surface area contributed by atoms with Crippen molar-refractivity contribution in [2.45, 2.75) is 13.5 Å². The molecule has 0 bridgehead atoms. The van der Waals surface area contributed by atoms with E-state index in [1.165, 1.54) is 13.2 Å². The molecule has 1 heterocycles. The highest BCUT2D eigenvalue weighted by Gasteiger charge is 2.20. The van der Waals surface area contributed by atoms with Crippen LogP contribution < -0.4 is 4.74 Å². The van der Waals surface area contributed by atoms with Crippen molar-refractivity contribution in [2.75, 3.05) is 13.7 Å². The van der Waals surface area contributed by atoms with E-state index in [0.717, 1.165) is 6.08 Å². The zero-order valence-electron chi connectivity index (χ0n) is 16.3. The second-order valence-corrected chi connectivity index (χ2v) is 6.81. The van der Waals surface area contributed by atoms with Crippen LogP contribution in [0.2, 0.25) is 5.02 Å². The van der Waals surface area contributed by atoms with Crippen LogP contribution in [0.1, 0.15) is 18.1 Å². The average Bonchev–Trinajstić information content (AvgIpc) is 3.09. The maximum atomic E-state index is 14.3. The number of carbonyl (C=O) groups excluding carboxylic acids is 2. The highest BCUT2D eigenvalue weighted by Crippen LogP contribution is 2.34. The molecule has 0 saturated heterocycles. The molecule has 156 valence electrons. The molecule has 0 atom stereocenters. The third-order valence-electron chi connectivity index (χ3n) is 4.46. The van der Waals surface area contributed by atoms with E-state index in [4.69, 9.17) is 16.3 Å². The van der Waals surface area contributed by atoms with Gasteiger partial charge in [-0.2, -0.15) is 0 Å². The van der Waals surface area contributed by atoms with Crippen molar-refractivity contribution in [1.82, 2.24) is 4.57 Å². The van der Waals surface area contributed by atoms with E-state index >= 15 is 0 Å². The van der Waals surface area contributed by atoms with Gasteiger partial charge in [0.05, 0.1) is 31.2 Å². The molecule has 1 N–H and O–H groups in total. The third kappa shape index (κ3) is 4.31. The van der Waals surface area contributed by atoms with E-state index in [-0.39, 0.29) is 23.7 Å². The lowest BCUT2D eigenvalue weighted by Crippen LogP contribution is -2.15. The van der Waals surface area contributed by atoms with Gasteiger partial charge in [0.15, 0.2) is 0 Å². The van der Waals surface area contributed by atoms with Gasteiger partial charge >= 0.3 is 5.97 Å². The van der Waals surface area contributed by atoms with Gasteiger partial charge in [0.25, 0.3) is 5.78 Å². The number of rotatable bonds is 7. The van der Waals surface area contributed by atoms with Gasteiger partial charge in [-0.15, -0.1) is 0 Å². The van der Waals surface area contributed by atoms with Gasteiger partial charge in [-0.1, -0.05) is 23.7 Å². The van der Waals surface area contributed by atoms with Crippen LogP contribution in [-0.4, -0.2) is 35.1 Å². The number of fused-ring (bicyclic) bond motifs is 1. The second kappa shape index (κ2) is 9.00. The number of hydrogen-bond acceptors (Lipinski definition) is 5. The summed E-state index contributed by atoms with van der Waals surface area (Å²) in [5, 5.41) is 11.4. The Hall–Kier alpha value is -3.32. The average molecular weight is 432 g/mol. The summed E-state index contributed by atoms with van der Waals surface area (Å²) in [7, 11) is 1.47. The molecule has 6 nitrogen and oxygen atoms in total. The molecule has 0 saturated carbocycles. The molecular weight excluding hydrogens is 413 g/mol. The quantitative estimate of drug-likeness (QED) is 0.257. The van der Waals surface area contributed by atoms with E-state index in [1.54, 1.807) is 48.0 Å². The summed E-state index contributed by atoms with van der Waals surface area (Å²) in [5.74, 6) is -2.51. The molecule has 8 heteroatoms. The summed E-state index contributed by atoms with van der Waals surface area (Å²) in [6.45, 7) is 1.76. The fourth-order valence-corrected chi connectivity index (χ4v) is 3.27. The minimum atomic E-state index is -1.07. The molecule has 0 aliphatic heterocycles. The molecule has 2 aromatic carbocycles. The van der Waals surface area contributed by atoms with E-state index in [9.17, 15) is 19.1 Å². The Kier molecular flexibility index (Phi) is 6.42. The van der Waals surface area contributed by atoms with Crippen LogP contribution in [0.5, 0.6) is 5.75 Å². The lowest BCUT2D eigenvalue weighted by molar-refractivity contribution is -0.151. The van der Waals surface area contributed by atoms with Crippen molar-refractivity contribution in [1.29, 1.82) is 0 Å². The molecule has 0 aliphatic carbocycles. The number of carbonyl (C=O) groups is 2. The number of methoxy groups -OCH3 is 1. The predicted octanol–water partition coefficient (Wildman–Crippen LogP) is 4.52. The molecule has 3 aromatic rings. The first-order valence-electron chi connectivity index (χ1n) is 9.07. The van der Waals surface area contributed by atoms with Gasteiger partial charge in [-0.3, -0.25) is 4.79 Å². The first-order valence-corrected chi connectivity index (χ1v) is 9.45. The Morgan fingerprint density at radius 2 is 2.03 bits per heavy atom. The molecule has 0 unspecified atom stereocenters. The summed E-state index contributed by atoms with van der Waals surface area (Å²) < 4.78 is 26.1. The predicted molar refractivity (Wildman–Crippen MR) is 111 cm³/mol. The molecule has 0 radical (unpaired) electrons. The van der Waals surface area contributed by atoms with E-state index in [2.05, 4.69) is 4.74 Å². The standard InChI is InChI=1S/C22H19ClFNO5/c1-3-30-22(28)19(27)10-18(26)15-12-25(11-13-7-8-14(23)9-16(13)24)17-5-4-6-20(29-2)21(15)17/h4-10,12,26H,3,11H2,1-2H3/b18-10-. The number of aliphatic hydroxyl groups is 1. The maximum Gasteiger partial charge on any atom is 0.379 e. The van der Waals surface area contributed by atoms with Gasteiger partial charge < -0.3 is 19.1 Å². The highest BCUT2D eigenvalue weighted by molar-refractivity contribution is 6.39. The van der Waals surface area contributed by atoms with Crippen LogP contribution in [0, 0.1) is 5.82 Å². The number of benzene rings is 2. The Bertz CT molecular complexity index is 1150. The number of halogens is 2. The summed E-state index contributed by atoms with van der Waals surface area (Å²) >= 11 is 5.82. The summed E-state index contributed by atoms with van der Waals surface area (Å²) in [6.07, 6.45) is 2.36. The zero-order chi connectivity index (χ0) is 21.8. The SMILES string of the molecule is CCOC(=O)C(=O)/C=C(\O)c1cn(Cc2ccc(Cl)cc2F)c2cccc(OC)c12. The highest BCUT2D eigenvalue weighted by atomic mass is 35.5. The minimum Gasteiger partial charge on any atom is -0.507 e. The van der Waals surface area contributed by atoms with Gasteiger partial charge in [-0.25, -0.2) is 9.18 Å². The van der Waals surface area contributed by atoms with Crippen molar-refractivity contribution in [3.05, 3.63) is 70.6 Å². The molecule has 1 aromatic heterocycles. The smallest absolute Gasteiger partial charge is 0.379 e. The molecular formula is C22H19ClFNO5. The lowest BCUT2D eigenvalue weighted by atomic mass is 10.1. The largest absolute Gasteiger partial charge is 0.507 e. The molecule has 0 aliphatic rings. The number of esters is 1. The summed E-state index contributed by atoms with van der Waals surface area (Å²) in [5.41, 5.74) is 1.29. The topological polar surface area (TPSA) is 77.8 Å². The lowest BCUT2D eigenvalue weighted by Gasteiger charge is -2.08. The summed E-state index contributed by atoms with van der Waals surface area (Å²) in [6, 6.07) is 9.60. The normalized spacial score (nSPS) is 11.5. The van der Waals surface area contributed by atoms with Crippen molar-refractivity contribution in [3.63, 3.8) is 0 Å². The Balaban J connectivity index is 2.10. The van der Waals surface area contributed by atoms with E-state index in [0.29, 0.717) is 22.2 Å². The Labute approximate surface area is 177 Å². The van der Waals surface area contributed by atoms with Crippen LogP contribution in [0.4, 0.5) is 4.39 Å². The second-order valence-electron chi connectivity index (χ2n) is 6.38.